The molecule has 3 heterocycles. The maximum atomic E-state index is 14.3. The van der Waals surface area contributed by atoms with Gasteiger partial charge in [-0.25, -0.2) is 9.07 Å². The zero-order chi connectivity index (χ0) is 27.0. The van der Waals surface area contributed by atoms with Crippen molar-refractivity contribution in [3.63, 3.8) is 0 Å². The van der Waals surface area contributed by atoms with Crippen LogP contribution in [0, 0.1) is 6.92 Å². The second-order valence-electron chi connectivity index (χ2n) is 8.29. The minimum atomic E-state index is -4.47. The molecule has 14 heteroatoms. The molecule has 1 N–H and O–H groups in total. The second kappa shape index (κ2) is 12.3. The highest BCUT2D eigenvalue weighted by molar-refractivity contribution is 5.91. The summed E-state index contributed by atoms with van der Waals surface area (Å²) in [5.41, 5.74) is 1.74. The van der Waals surface area contributed by atoms with Crippen LogP contribution in [0.3, 0.4) is 0 Å². The third-order valence-corrected chi connectivity index (χ3v) is 5.01. The van der Waals surface area contributed by atoms with Crippen molar-refractivity contribution in [1.82, 2.24) is 35.5 Å². The van der Waals surface area contributed by atoms with Crippen molar-refractivity contribution in [3.05, 3.63) is 58.9 Å². The Bertz CT molecular complexity index is 1220. The molecule has 3 rings (SSSR count). The van der Waals surface area contributed by atoms with Gasteiger partial charge in [-0.2, -0.15) is 23.4 Å². The van der Waals surface area contributed by atoms with E-state index in [2.05, 4.69) is 30.8 Å². The summed E-state index contributed by atoms with van der Waals surface area (Å²) < 4.78 is 57.5. The van der Waals surface area contributed by atoms with Crippen LogP contribution in [-0.4, -0.2) is 67.9 Å². The van der Waals surface area contributed by atoms with E-state index in [9.17, 15) is 27.2 Å². The number of ketones is 1. The summed E-state index contributed by atoms with van der Waals surface area (Å²) >= 11 is 0. The normalized spacial score (nSPS) is 12.3. The van der Waals surface area contributed by atoms with E-state index in [-0.39, 0.29) is 48.7 Å². The van der Waals surface area contributed by atoms with Crippen LogP contribution in [0.25, 0.3) is 0 Å². The zero-order valence-electron chi connectivity index (χ0n) is 20.1. The summed E-state index contributed by atoms with van der Waals surface area (Å²) in [6.45, 7) is 0.0859. The average Bonchev–Trinajstić information content (AvgIpc) is 3.29. The third-order valence-electron chi connectivity index (χ3n) is 5.01. The number of aromatic nitrogens is 6. The molecule has 0 aromatic carbocycles. The van der Waals surface area contributed by atoms with E-state index in [4.69, 9.17) is 4.74 Å². The van der Waals surface area contributed by atoms with Crippen molar-refractivity contribution in [2.45, 2.75) is 51.5 Å². The molecular formula is C23H25F4N7O3. The lowest BCUT2D eigenvalue weighted by Crippen LogP contribution is -2.19. The maximum absolute atomic E-state index is 14.3. The second-order valence-corrected chi connectivity index (χ2v) is 8.29. The Morgan fingerprint density at radius 3 is 2.46 bits per heavy atom. The summed E-state index contributed by atoms with van der Waals surface area (Å²) in [5.74, 6) is -0.682. The van der Waals surface area contributed by atoms with Crippen LogP contribution >= 0.6 is 0 Å². The van der Waals surface area contributed by atoms with Gasteiger partial charge in [-0.3, -0.25) is 14.6 Å². The van der Waals surface area contributed by atoms with Crippen molar-refractivity contribution in [1.29, 1.82) is 0 Å². The van der Waals surface area contributed by atoms with Crippen LogP contribution in [0.2, 0.25) is 0 Å². The molecule has 3 aromatic heterocycles. The Kier molecular flexibility index (Phi) is 9.20. The highest BCUT2D eigenvalue weighted by Crippen LogP contribution is 2.20. The molecule has 0 saturated carbocycles. The van der Waals surface area contributed by atoms with Crippen molar-refractivity contribution in [3.8, 4) is 5.75 Å². The van der Waals surface area contributed by atoms with Gasteiger partial charge in [0.15, 0.2) is 12.3 Å². The van der Waals surface area contributed by atoms with Gasteiger partial charge >= 0.3 is 6.18 Å². The lowest BCUT2D eigenvalue weighted by atomic mass is 10.1. The Hall–Kier alpha value is -3.97. The van der Waals surface area contributed by atoms with Gasteiger partial charge in [0.25, 0.3) is 5.91 Å². The first-order valence-electron chi connectivity index (χ1n) is 11.3. The van der Waals surface area contributed by atoms with E-state index in [1.165, 1.54) is 30.1 Å². The number of ether oxygens (including phenoxy) is 1. The van der Waals surface area contributed by atoms with E-state index in [1.54, 1.807) is 19.1 Å². The van der Waals surface area contributed by atoms with Gasteiger partial charge < -0.3 is 10.1 Å². The standard InChI is InChI=1S/C23H25F4N7O3/c1-14-7-20(37-13-23(25,26)27)10-18(29-14)9-19(35)8-17-6-5-16(30-31-17)4-3-15(24)11-34-12-21(32-33-34)22(36)28-2/h5-7,10,12,15H,3-4,8-9,11,13H2,1-2H3,(H,28,36). The van der Waals surface area contributed by atoms with Gasteiger partial charge in [0.05, 0.1) is 36.2 Å². The zero-order valence-corrected chi connectivity index (χ0v) is 20.1. The summed E-state index contributed by atoms with van der Waals surface area (Å²) in [6.07, 6.45) is -4.09. The molecule has 0 spiro atoms. The number of carbonyl (C=O) groups is 2. The molecular weight excluding hydrogens is 498 g/mol. The number of pyridine rings is 1. The van der Waals surface area contributed by atoms with Gasteiger partial charge in [0.1, 0.15) is 17.7 Å². The SMILES string of the molecule is CNC(=O)c1cn(CC(F)CCc2ccc(CC(=O)Cc3cc(OCC(F)(F)F)cc(C)n3)nn2)nn1. The predicted octanol–water partition coefficient (Wildman–Crippen LogP) is 2.40. The first-order chi connectivity index (χ1) is 17.5. The van der Waals surface area contributed by atoms with Crippen LogP contribution in [0.4, 0.5) is 17.6 Å². The number of halogens is 4. The van der Waals surface area contributed by atoms with Crippen LogP contribution in [-0.2, 0) is 30.6 Å². The highest BCUT2D eigenvalue weighted by Gasteiger charge is 2.28. The van der Waals surface area contributed by atoms with Gasteiger partial charge in [-0.15, -0.1) is 5.10 Å². The third kappa shape index (κ3) is 9.20. The van der Waals surface area contributed by atoms with Crippen LogP contribution in [0.15, 0.2) is 30.5 Å². The molecule has 10 nitrogen and oxygen atoms in total. The van der Waals surface area contributed by atoms with Crippen LogP contribution in [0.1, 0.15) is 39.7 Å². The molecule has 0 aliphatic carbocycles. The van der Waals surface area contributed by atoms with Crippen molar-refractivity contribution in [2.75, 3.05) is 13.7 Å². The van der Waals surface area contributed by atoms with Gasteiger partial charge in [0.2, 0.25) is 0 Å². The molecule has 37 heavy (non-hydrogen) atoms. The minimum Gasteiger partial charge on any atom is -0.484 e. The van der Waals surface area contributed by atoms with E-state index >= 15 is 0 Å². The number of amides is 1. The number of carbonyl (C=O) groups excluding carboxylic acids is 2. The number of hydrogen-bond donors (Lipinski definition) is 1. The van der Waals surface area contributed by atoms with E-state index in [0.29, 0.717) is 23.5 Å². The number of aryl methyl sites for hydroxylation is 2. The number of Topliss-reactive ketones (excluding diaryl/α,β-unsaturated/α-hetero) is 1. The van der Waals surface area contributed by atoms with Crippen LogP contribution < -0.4 is 10.1 Å². The predicted molar refractivity (Wildman–Crippen MR) is 122 cm³/mol. The first kappa shape index (κ1) is 27.6. The Balaban J connectivity index is 1.47. The fraction of sp³-hybridized carbons (Fsp3) is 0.435. The molecule has 198 valence electrons. The molecule has 0 aliphatic rings. The van der Waals surface area contributed by atoms with Gasteiger partial charge in [-0.05, 0) is 31.9 Å². The number of rotatable bonds is 12. The quantitative estimate of drug-likeness (QED) is 0.359. The maximum Gasteiger partial charge on any atom is 0.422 e. The number of hydrogen-bond acceptors (Lipinski definition) is 8. The Morgan fingerprint density at radius 1 is 1.08 bits per heavy atom. The molecule has 0 aliphatic heterocycles. The van der Waals surface area contributed by atoms with Gasteiger partial charge in [0, 0.05) is 31.3 Å². The van der Waals surface area contributed by atoms with E-state index < -0.39 is 24.9 Å². The molecule has 0 bridgehead atoms. The topological polar surface area (TPSA) is 125 Å². The van der Waals surface area contributed by atoms with E-state index in [0.717, 1.165) is 0 Å². The summed E-state index contributed by atoms with van der Waals surface area (Å²) in [5, 5.41) is 17.9. The Morgan fingerprint density at radius 2 is 1.78 bits per heavy atom. The number of nitrogens with zero attached hydrogens (tertiary/aromatic N) is 6. The summed E-state index contributed by atoms with van der Waals surface area (Å²) in [6, 6.07) is 5.93. The lowest BCUT2D eigenvalue weighted by molar-refractivity contribution is -0.153. The molecule has 1 amide bonds. The Labute approximate surface area is 209 Å². The molecule has 1 unspecified atom stereocenters. The molecule has 3 aromatic rings. The first-order valence-corrected chi connectivity index (χ1v) is 11.3. The number of alkyl halides is 4. The fourth-order valence-electron chi connectivity index (χ4n) is 3.34. The molecule has 0 saturated heterocycles. The summed E-state index contributed by atoms with van der Waals surface area (Å²) in [4.78, 5) is 28.1. The summed E-state index contributed by atoms with van der Waals surface area (Å²) in [7, 11) is 1.46. The molecule has 1 atom stereocenters. The fourth-order valence-corrected chi connectivity index (χ4v) is 3.34. The van der Waals surface area contributed by atoms with Crippen molar-refractivity contribution >= 4 is 11.7 Å². The van der Waals surface area contributed by atoms with E-state index in [1.807, 2.05) is 0 Å². The molecule has 0 fully saturated rings. The van der Waals surface area contributed by atoms with Crippen molar-refractivity contribution in [2.24, 2.45) is 0 Å². The largest absolute Gasteiger partial charge is 0.484 e. The highest BCUT2D eigenvalue weighted by atomic mass is 19.4. The monoisotopic (exact) mass is 523 g/mol. The number of nitrogens with one attached hydrogen (secondary N) is 1. The smallest absolute Gasteiger partial charge is 0.422 e. The average molecular weight is 523 g/mol. The molecule has 0 radical (unpaired) electrons. The lowest BCUT2D eigenvalue weighted by Gasteiger charge is -2.11. The van der Waals surface area contributed by atoms with Gasteiger partial charge in [-0.1, -0.05) is 5.21 Å². The van der Waals surface area contributed by atoms with Crippen molar-refractivity contribution < 1.29 is 31.9 Å². The minimum absolute atomic E-state index is 0.0151. The van der Waals surface area contributed by atoms with Crippen LogP contribution in [0.5, 0.6) is 5.75 Å².